The van der Waals surface area contributed by atoms with Crippen LogP contribution in [0.25, 0.3) is 0 Å². The molecule has 0 amide bonds. The quantitative estimate of drug-likeness (QED) is 0.749. The zero-order valence-corrected chi connectivity index (χ0v) is 17.4. The van der Waals surface area contributed by atoms with Crippen LogP contribution in [0.1, 0.15) is 18.2 Å². The van der Waals surface area contributed by atoms with Crippen molar-refractivity contribution in [3.05, 3.63) is 35.5 Å². The fraction of sp³-hybridized carbons (Fsp3) is 0.524. The molecule has 152 valence electrons. The monoisotopic (exact) mass is 385 g/mol. The van der Waals surface area contributed by atoms with E-state index in [9.17, 15) is 0 Å². The molecule has 1 aromatic heterocycles. The van der Waals surface area contributed by atoms with Crippen molar-refractivity contribution >= 4 is 11.8 Å². The molecular formula is C21H31N5O2. The van der Waals surface area contributed by atoms with E-state index in [4.69, 9.17) is 14.5 Å². The molecule has 3 rings (SSSR count). The predicted octanol–water partition coefficient (Wildman–Crippen LogP) is 2.60. The van der Waals surface area contributed by atoms with Gasteiger partial charge in [0.1, 0.15) is 5.82 Å². The van der Waals surface area contributed by atoms with Crippen LogP contribution in [0.3, 0.4) is 0 Å². The molecule has 2 aromatic rings. The molecule has 1 aromatic carbocycles. The third-order valence-electron chi connectivity index (χ3n) is 5.11. The maximum Gasteiger partial charge on any atom is 0.227 e. The Balaban J connectivity index is 1.60. The van der Waals surface area contributed by atoms with Gasteiger partial charge in [-0.05, 0) is 37.6 Å². The van der Waals surface area contributed by atoms with Crippen LogP contribution in [-0.4, -0.2) is 68.4 Å². The molecule has 7 heteroatoms. The summed E-state index contributed by atoms with van der Waals surface area (Å²) in [7, 11) is 3.31. The van der Waals surface area contributed by atoms with E-state index in [2.05, 4.69) is 33.1 Å². The van der Waals surface area contributed by atoms with Crippen molar-refractivity contribution in [3.63, 3.8) is 0 Å². The highest BCUT2D eigenvalue weighted by atomic mass is 16.5. The Morgan fingerprint density at radius 2 is 1.75 bits per heavy atom. The maximum absolute atomic E-state index is 5.38. The fourth-order valence-electron chi connectivity index (χ4n) is 3.42. The van der Waals surface area contributed by atoms with E-state index >= 15 is 0 Å². The van der Waals surface area contributed by atoms with Gasteiger partial charge < -0.3 is 24.6 Å². The second-order valence-electron chi connectivity index (χ2n) is 6.98. The summed E-state index contributed by atoms with van der Waals surface area (Å²) >= 11 is 0. The number of methoxy groups -OCH3 is 2. The van der Waals surface area contributed by atoms with Crippen molar-refractivity contribution in [2.45, 2.75) is 20.3 Å². The number of anilines is 2. The molecule has 1 saturated heterocycles. The summed E-state index contributed by atoms with van der Waals surface area (Å²) in [5, 5.41) is 3.44. The number of nitrogens with zero attached hydrogens (tertiary/aromatic N) is 4. The highest BCUT2D eigenvalue weighted by Crippen LogP contribution is 2.27. The van der Waals surface area contributed by atoms with E-state index in [0.717, 1.165) is 74.6 Å². The minimum Gasteiger partial charge on any atom is -0.493 e. The van der Waals surface area contributed by atoms with Gasteiger partial charge in [-0.1, -0.05) is 13.0 Å². The summed E-state index contributed by atoms with van der Waals surface area (Å²) in [6, 6.07) is 8.02. The molecule has 2 heterocycles. The second kappa shape index (κ2) is 9.59. The van der Waals surface area contributed by atoms with E-state index < -0.39 is 0 Å². The Labute approximate surface area is 167 Å². The zero-order chi connectivity index (χ0) is 19.9. The Morgan fingerprint density at radius 1 is 1.00 bits per heavy atom. The van der Waals surface area contributed by atoms with E-state index in [1.807, 2.05) is 25.1 Å². The Morgan fingerprint density at radius 3 is 2.43 bits per heavy atom. The number of rotatable bonds is 8. The highest BCUT2D eigenvalue weighted by Gasteiger charge is 2.18. The maximum atomic E-state index is 5.38. The Bertz CT molecular complexity index is 775. The van der Waals surface area contributed by atoms with Crippen LogP contribution in [0.2, 0.25) is 0 Å². The normalized spacial score (nSPS) is 14.8. The molecule has 0 unspecified atom stereocenters. The van der Waals surface area contributed by atoms with Gasteiger partial charge in [-0.2, -0.15) is 4.98 Å². The largest absolute Gasteiger partial charge is 0.493 e. The molecule has 0 atom stereocenters. The van der Waals surface area contributed by atoms with Crippen LogP contribution < -0.4 is 19.7 Å². The van der Waals surface area contributed by atoms with E-state index in [0.29, 0.717) is 0 Å². The fourth-order valence-corrected chi connectivity index (χ4v) is 3.42. The van der Waals surface area contributed by atoms with Gasteiger partial charge in [0, 0.05) is 44.5 Å². The molecule has 1 fully saturated rings. The Kier molecular flexibility index (Phi) is 6.92. The smallest absolute Gasteiger partial charge is 0.227 e. The topological polar surface area (TPSA) is 62.8 Å². The summed E-state index contributed by atoms with van der Waals surface area (Å²) in [5.74, 6) is 3.20. The number of aromatic nitrogens is 2. The van der Waals surface area contributed by atoms with Crippen LogP contribution in [0, 0.1) is 6.92 Å². The van der Waals surface area contributed by atoms with Crippen LogP contribution in [0.15, 0.2) is 24.3 Å². The number of hydrogen-bond donors (Lipinski definition) is 1. The SMILES string of the molecule is CCN1CCN(c2nc(C)cc(NCCc3ccc(OC)c(OC)c3)n2)CC1. The molecule has 28 heavy (non-hydrogen) atoms. The van der Waals surface area contributed by atoms with Crippen LogP contribution in [0.5, 0.6) is 11.5 Å². The molecule has 1 aliphatic heterocycles. The Hall–Kier alpha value is -2.54. The summed E-state index contributed by atoms with van der Waals surface area (Å²) in [5.41, 5.74) is 2.17. The summed E-state index contributed by atoms with van der Waals surface area (Å²) in [6.45, 7) is 10.2. The number of ether oxygens (including phenoxy) is 2. The molecule has 0 saturated carbocycles. The summed E-state index contributed by atoms with van der Waals surface area (Å²) in [6.07, 6.45) is 0.869. The van der Waals surface area contributed by atoms with Crippen LogP contribution in [0.4, 0.5) is 11.8 Å². The molecule has 0 aliphatic carbocycles. The molecule has 1 aliphatic rings. The first-order valence-electron chi connectivity index (χ1n) is 9.90. The average molecular weight is 386 g/mol. The standard InChI is InChI=1S/C21H31N5O2/c1-5-25-10-12-26(13-11-25)21-23-16(2)14-20(24-21)22-9-8-17-6-7-18(27-3)19(15-17)28-4/h6-7,14-15H,5,8-13H2,1-4H3,(H,22,23,24). The van der Waals surface area contributed by atoms with E-state index in [1.165, 1.54) is 5.56 Å². The zero-order valence-electron chi connectivity index (χ0n) is 17.4. The number of hydrogen-bond acceptors (Lipinski definition) is 7. The minimum absolute atomic E-state index is 0.749. The van der Waals surface area contributed by atoms with Crippen LogP contribution in [-0.2, 0) is 6.42 Å². The molecule has 1 N–H and O–H groups in total. The number of piperazine rings is 1. The number of likely N-dealkylation sites (N-methyl/N-ethyl adjacent to an activating group) is 1. The van der Waals surface area contributed by atoms with Gasteiger partial charge in [0.25, 0.3) is 0 Å². The van der Waals surface area contributed by atoms with Crippen molar-refractivity contribution in [1.82, 2.24) is 14.9 Å². The van der Waals surface area contributed by atoms with E-state index in [-0.39, 0.29) is 0 Å². The first-order chi connectivity index (χ1) is 13.6. The first kappa shape index (κ1) is 20.2. The number of benzene rings is 1. The minimum atomic E-state index is 0.749. The lowest BCUT2D eigenvalue weighted by Crippen LogP contribution is -2.46. The third kappa shape index (κ3) is 5.04. The molecule has 0 bridgehead atoms. The molecule has 0 radical (unpaired) electrons. The molecule has 7 nitrogen and oxygen atoms in total. The van der Waals surface area contributed by atoms with Crippen molar-refractivity contribution in [1.29, 1.82) is 0 Å². The van der Waals surface area contributed by atoms with Crippen molar-refractivity contribution in [2.75, 3.05) is 63.7 Å². The van der Waals surface area contributed by atoms with Crippen molar-refractivity contribution < 1.29 is 9.47 Å². The lowest BCUT2D eigenvalue weighted by atomic mass is 10.1. The molecule has 0 spiro atoms. The third-order valence-corrected chi connectivity index (χ3v) is 5.11. The van der Waals surface area contributed by atoms with Gasteiger partial charge in [0.2, 0.25) is 5.95 Å². The molecular weight excluding hydrogens is 354 g/mol. The van der Waals surface area contributed by atoms with Gasteiger partial charge in [-0.25, -0.2) is 4.98 Å². The summed E-state index contributed by atoms with van der Waals surface area (Å²) < 4.78 is 10.7. The average Bonchev–Trinajstić information content (AvgIpc) is 2.73. The highest BCUT2D eigenvalue weighted by molar-refractivity contribution is 5.45. The number of aryl methyl sites for hydroxylation is 1. The van der Waals surface area contributed by atoms with Gasteiger partial charge in [-0.3, -0.25) is 0 Å². The number of nitrogens with one attached hydrogen (secondary N) is 1. The van der Waals surface area contributed by atoms with Gasteiger partial charge in [-0.15, -0.1) is 0 Å². The first-order valence-corrected chi connectivity index (χ1v) is 9.90. The lowest BCUT2D eigenvalue weighted by Gasteiger charge is -2.34. The van der Waals surface area contributed by atoms with Gasteiger partial charge in [0.15, 0.2) is 11.5 Å². The van der Waals surface area contributed by atoms with E-state index in [1.54, 1.807) is 14.2 Å². The van der Waals surface area contributed by atoms with Crippen LogP contribution >= 0.6 is 0 Å². The lowest BCUT2D eigenvalue weighted by molar-refractivity contribution is 0.270. The van der Waals surface area contributed by atoms with Crippen molar-refractivity contribution in [2.24, 2.45) is 0 Å². The summed E-state index contributed by atoms with van der Waals surface area (Å²) in [4.78, 5) is 14.1. The van der Waals surface area contributed by atoms with Crippen molar-refractivity contribution in [3.8, 4) is 11.5 Å². The van der Waals surface area contributed by atoms with Gasteiger partial charge in [0.05, 0.1) is 14.2 Å². The van der Waals surface area contributed by atoms with Gasteiger partial charge >= 0.3 is 0 Å². The predicted molar refractivity (Wildman–Crippen MR) is 113 cm³/mol. The second-order valence-corrected chi connectivity index (χ2v) is 6.98.